The van der Waals surface area contributed by atoms with Crippen molar-refractivity contribution in [1.29, 1.82) is 0 Å². The van der Waals surface area contributed by atoms with Crippen molar-refractivity contribution in [3.05, 3.63) is 114 Å². The van der Waals surface area contributed by atoms with Crippen molar-refractivity contribution in [1.82, 2.24) is 4.57 Å². The molecule has 4 heteroatoms. The minimum absolute atomic E-state index is 0.0333. The molecule has 3 aromatic carbocycles. The largest absolute Gasteiger partial charge is 0.489 e. The van der Waals surface area contributed by atoms with Gasteiger partial charge in [-0.25, -0.2) is 0 Å². The number of aromatic nitrogens is 1. The number of rotatable bonds is 9. The van der Waals surface area contributed by atoms with Crippen LogP contribution in [-0.2, 0) is 17.9 Å². The predicted molar refractivity (Wildman–Crippen MR) is 128 cm³/mol. The van der Waals surface area contributed by atoms with E-state index < -0.39 is 5.97 Å². The molecule has 0 aliphatic rings. The fourth-order valence-electron chi connectivity index (χ4n) is 4.09. The van der Waals surface area contributed by atoms with Gasteiger partial charge in [0.25, 0.3) is 0 Å². The van der Waals surface area contributed by atoms with Gasteiger partial charge in [0.15, 0.2) is 0 Å². The van der Waals surface area contributed by atoms with Crippen LogP contribution in [0.2, 0.25) is 0 Å². The lowest BCUT2D eigenvalue weighted by Crippen LogP contribution is -2.04. The zero-order valence-electron chi connectivity index (χ0n) is 18.2. The summed E-state index contributed by atoms with van der Waals surface area (Å²) in [5.74, 6) is -0.284. The first-order valence-electron chi connectivity index (χ1n) is 10.7. The fourth-order valence-corrected chi connectivity index (χ4v) is 4.09. The van der Waals surface area contributed by atoms with Gasteiger partial charge in [-0.15, -0.1) is 6.58 Å². The molecule has 4 aromatic rings. The van der Waals surface area contributed by atoms with Crippen LogP contribution in [-0.4, -0.2) is 15.6 Å². The second-order valence-corrected chi connectivity index (χ2v) is 8.01. The number of ether oxygens (including phenoxy) is 1. The Labute approximate surface area is 188 Å². The van der Waals surface area contributed by atoms with Gasteiger partial charge in [0.2, 0.25) is 0 Å². The van der Waals surface area contributed by atoms with E-state index in [1.807, 2.05) is 30.3 Å². The van der Waals surface area contributed by atoms with Crippen LogP contribution < -0.4 is 4.74 Å². The van der Waals surface area contributed by atoms with E-state index in [1.165, 1.54) is 22.0 Å². The van der Waals surface area contributed by atoms with Gasteiger partial charge in [0, 0.05) is 18.7 Å². The van der Waals surface area contributed by atoms with Gasteiger partial charge in [-0.1, -0.05) is 60.7 Å². The van der Waals surface area contributed by atoms with E-state index in [2.05, 4.69) is 66.7 Å². The Morgan fingerprint density at radius 1 is 1.06 bits per heavy atom. The van der Waals surface area contributed by atoms with Gasteiger partial charge in [-0.3, -0.25) is 4.79 Å². The molecule has 1 heterocycles. The number of hydrogen-bond acceptors (Lipinski definition) is 2. The molecule has 1 atom stereocenters. The molecule has 0 bridgehead atoms. The maximum absolute atomic E-state index is 11.0. The number of carbonyl (C=O) groups is 1. The van der Waals surface area contributed by atoms with Crippen LogP contribution >= 0.6 is 0 Å². The summed E-state index contributed by atoms with van der Waals surface area (Å²) < 4.78 is 8.34. The molecule has 1 aromatic heterocycles. The van der Waals surface area contributed by atoms with Crippen molar-refractivity contribution in [2.45, 2.75) is 32.4 Å². The molecule has 0 saturated carbocycles. The van der Waals surface area contributed by atoms with Crippen molar-refractivity contribution >= 4 is 16.9 Å². The Morgan fingerprint density at radius 2 is 1.81 bits per heavy atom. The number of carboxylic acid groups (broad SMARTS) is 1. The number of aliphatic carboxylic acids is 1. The smallest absolute Gasteiger partial charge is 0.304 e. The molecule has 0 unspecified atom stereocenters. The summed E-state index contributed by atoms with van der Waals surface area (Å²) in [6, 6.07) is 24.5. The molecule has 0 aliphatic heterocycles. The lowest BCUT2D eigenvalue weighted by atomic mass is 9.96. The van der Waals surface area contributed by atoms with Crippen LogP contribution in [0, 0.1) is 6.92 Å². The highest BCUT2D eigenvalue weighted by Gasteiger charge is 2.13. The topological polar surface area (TPSA) is 51.5 Å². The summed E-state index contributed by atoms with van der Waals surface area (Å²) in [6.45, 7) is 7.20. The molecule has 0 saturated heterocycles. The first kappa shape index (κ1) is 21.4. The average Bonchev–Trinajstić information content (AvgIpc) is 3.21. The van der Waals surface area contributed by atoms with Crippen LogP contribution in [0.5, 0.6) is 5.75 Å². The Morgan fingerprint density at radius 3 is 2.50 bits per heavy atom. The quantitative estimate of drug-likeness (QED) is 0.319. The summed E-state index contributed by atoms with van der Waals surface area (Å²) >= 11 is 0. The number of fused-ring (bicyclic) bond motifs is 1. The van der Waals surface area contributed by atoms with Crippen molar-refractivity contribution < 1.29 is 14.6 Å². The second kappa shape index (κ2) is 9.56. The van der Waals surface area contributed by atoms with Crippen molar-refractivity contribution in [3.8, 4) is 5.75 Å². The van der Waals surface area contributed by atoms with Crippen LogP contribution in [0.15, 0.2) is 91.6 Å². The van der Waals surface area contributed by atoms with Gasteiger partial charge in [-0.05, 0) is 52.8 Å². The number of nitrogens with zero attached hydrogens (tertiary/aromatic N) is 1. The molecule has 0 spiro atoms. The molecule has 0 amide bonds. The Hall–Kier alpha value is -3.79. The normalized spacial score (nSPS) is 11.9. The van der Waals surface area contributed by atoms with E-state index in [9.17, 15) is 4.79 Å². The van der Waals surface area contributed by atoms with Crippen LogP contribution in [0.4, 0.5) is 0 Å². The first-order chi connectivity index (χ1) is 15.5. The lowest BCUT2D eigenvalue weighted by Gasteiger charge is -2.14. The molecule has 0 fully saturated rings. The monoisotopic (exact) mass is 425 g/mol. The van der Waals surface area contributed by atoms with Gasteiger partial charge >= 0.3 is 5.97 Å². The van der Waals surface area contributed by atoms with E-state index in [0.29, 0.717) is 6.61 Å². The Balaban J connectivity index is 1.50. The maximum Gasteiger partial charge on any atom is 0.304 e. The van der Waals surface area contributed by atoms with Gasteiger partial charge in [0.1, 0.15) is 12.4 Å². The molecule has 4 rings (SSSR count). The minimum atomic E-state index is -0.835. The van der Waals surface area contributed by atoms with E-state index in [4.69, 9.17) is 9.84 Å². The Bertz CT molecular complexity index is 1220. The zero-order valence-corrected chi connectivity index (χ0v) is 18.2. The molecular formula is C28H27NO3. The molecule has 4 nitrogen and oxygen atoms in total. The second-order valence-electron chi connectivity index (χ2n) is 8.01. The SMILES string of the molecule is C=C[C@@H](CC(=O)O)c1ccc(OCc2ccc3ccn(Cc4ccccc4)c3c2C)cc1. The van der Waals surface area contributed by atoms with E-state index in [1.54, 1.807) is 6.08 Å². The highest BCUT2D eigenvalue weighted by molar-refractivity contribution is 5.84. The molecule has 0 radical (unpaired) electrons. The summed E-state index contributed by atoms with van der Waals surface area (Å²) in [6.07, 6.45) is 3.85. The summed E-state index contributed by atoms with van der Waals surface area (Å²) in [5.41, 5.74) is 5.78. The van der Waals surface area contributed by atoms with Crippen molar-refractivity contribution in [2.75, 3.05) is 0 Å². The third-order valence-electron chi connectivity index (χ3n) is 5.87. The molecule has 162 valence electrons. The molecular weight excluding hydrogens is 398 g/mol. The summed E-state index contributed by atoms with van der Waals surface area (Å²) in [5, 5.41) is 10.3. The first-order valence-corrected chi connectivity index (χ1v) is 10.7. The van der Waals surface area contributed by atoms with E-state index >= 15 is 0 Å². The summed E-state index contributed by atoms with van der Waals surface area (Å²) in [7, 11) is 0. The average molecular weight is 426 g/mol. The molecule has 0 aliphatic carbocycles. The van der Waals surface area contributed by atoms with Crippen molar-refractivity contribution in [3.63, 3.8) is 0 Å². The standard InChI is InChI=1S/C28H27NO3/c1-3-22(17-27(30)31)23-11-13-26(14-12-23)32-19-25-10-9-24-15-16-29(28(24)20(25)2)18-21-7-5-4-6-8-21/h3-16,22H,1,17-19H2,2H3,(H,30,31)/t22-/m0/s1. The summed E-state index contributed by atoms with van der Waals surface area (Å²) in [4.78, 5) is 11.0. The van der Waals surface area contributed by atoms with Gasteiger partial charge in [-0.2, -0.15) is 0 Å². The lowest BCUT2D eigenvalue weighted by molar-refractivity contribution is -0.137. The number of aryl methyl sites for hydroxylation is 1. The number of benzene rings is 3. The maximum atomic E-state index is 11.0. The van der Waals surface area contributed by atoms with Gasteiger partial charge in [0.05, 0.1) is 11.9 Å². The zero-order chi connectivity index (χ0) is 22.5. The molecule has 1 N–H and O–H groups in total. The highest BCUT2D eigenvalue weighted by Crippen LogP contribution is 2.27. The van der Waals surface area contributed by atoms with Crippen LogP contribution in [0.1, 0.15) is 34.6 Å². The van der Waals surface area contributed by atoms with E-state index in [0.717, 1.165) is 23.4 Å². The van der Waals surface area contributed by atoms with E-state index in [-0.39, 0.29) is 12.3 Å². The van der Waals surface area contributed by atoms with Crippen LogP contribution in [0.3, 0.4) is 0 Å². The third kappa shape index (κ3) is 4.75. The fraction of sp³-hybridized carbons (Fsp3) is 0.179. The number of allylic oxidation sites excluding steroid dienone is 1. The van der Waals surface area contributed by atoms with Crippen LogP contribution in [0.25, 0.3) is 10.9 Å². The van der Waals surface area contributed by atoms with Gasteiger partial charge < -0.3 is 14.4 Å². The number of carboxylic acids is 1. The highest BCUT2D eigenvalue weighted by atomic mass is 16.5. The predicted octanol–water partition coefficient (Wildman–Crippen LogP) is 6.32. The Kier molecular flexibility index (Phi) is 6.41. The number of hydrogen-bond donors (Lipinski definition) is 1. The van der Waals surface area contributed by atoms with Crippen molar-refractivity contribution in [2.24, 2.45) is 0 Å². The third-order valence-corrected chi connectivity index (χ3v) is 5.87. The minimum Gasteiger partial charge on any atom is -0.489 e. The molecule has 32 heavy (non-hydrogen) atoms.